The molecule has 84 valence electrons. The van der Waals surface area contributed by atoms with Crippen LogP contribution in [0.5, 0.6) is 0 Å². The van der Waals surface area contributed by atoms with Gasteiger partial charge in [-0.25, -0.2) is 4.79 Å². The topological polar surface area (TPSA) is 46.5 Å². The zero-order valence-electron chi connectivity index (χ0n) is 9.67. The molecule has 0 heterocycles. The Morgan fingerprint density at radius 1 is 1.43 bits per heavy atom. The molecular formula is C11H22O3. The van der Waals surface area contributed by atoms with Gasteiger partial charge in [0.05, 0.1) is 5.92 Å². The van der Waals surface area contributed by atoms with E-state index in [2.05, 4.69) is 11.8 Å². The summed E-state index contributed by atoms with van der Waals surface area (Å²) in [5, 5.41) is 8.41. The molecule has 0 fully saturated rings. The average molecular weight is 202 g/mol. The predicted octanol–water partition coefficient (Wildman–Crippen LogP) is 3.25. The first-order valence-electron chi connectivity index (χ1n) is 5.34. The van der Waals surface area contributed by atoms with Crippen LogP contribution in [0, 0.1) is 11.3 Å². The molecule has 1 unspecified atom stereocenters. The molecule has 1 N–H and O–H groups in total. The van der Waals surface area contributed by atoms with Crippen LogP contribution in [0.25, 0.3) is 0 Å². The number of hydrogen-bond acceptors (Lipinski definition) is 3. The number of carbonyl (C=O) groups is 1. The molecule has 0 spiro atoms. The Bertz CT molecular complexity index is 175. The second-order valence-corrected chi connectivity index (χ2v) is 4.45. The summed E-state index contributed by atoms with van der Waals surface area (Å²) >= 11 is 0. The summed E-state index contributed by atoms with van der Waals surface area (Å²) in [7, 11) is 0. The molecule has 0 aromatic rings. The molecule has 0 radical (unpaired) electrons. The number of hydrogen-bond donors (Lipinski definition) is 1. The lowest BCUT2D eigenvalue weighted by Gasteiger charge is -2.30. The van der Waals surface area contributed by atoms with Gasteiger partial charge in [0, 0.05) is 0 Å². The van der Waals surface area contributed by atoms with E-state index in [-0.39, 0.29) is 11.3 Å². The Kier molecular flexibility index (Phi) is 5.77. The molecule has 3 nitrogen and oxygen atoms in total. The fourth-order valence-corrected chi connectivity index (χ4v) is 1.55. The van der Waals surface area contributed by atoms with E-state index in [9.17, 15) is 4.79 Å². The van der Waals surface area contributed by atoms with E-state index in [0.717, 1.165) is 25.7 Å². The Morgan fingerprint density at radius 3 is 2.36 bits per heavy atom. The summed E-state index contributed by atoms with van der Waals surface area (Å²) in [6.45, 7) is 8.19. The fraction of sp³-hybridized carbons (Fsp3) is 0.909. The molecule has 0 aromatic heterocycles. The normalized spacial score (nSPS) is 13.8. The lowest BCUT2D eigenvalue weighted by atomic mass is 9.74. The zero-order chi connectivity index (χ0) is 11.2. The quantitative estimate of drug-likeness (QED) is 0.531. The number of unbranched alkanes of at least 4 members (excludes halogenated alkanes) is 1. The Hall–Kier alpha value is -0.570. The van der Waals surface area contributed by atoms with Crippen molar-refractivity contribution in [3.05, 3.63) is 0 Å². The van der Waals surface area contributed by atoms with Gasteiger partial charge in [-0.1, -0.05) is 47.0 Å². The van der Waals surface area contributed by atoms with Gasteiger partial charge in [-0.15, -0.1) is 0 Å². The van der Waals surface area contributed by atoms with E-state index in [1.165, 1.54) is 0 Å². The molecule has 14 heavy (non-hydrogen) atoms. The number of rotatable bonds is 6. The molecule has 0 amide bonds. The molecule has 0 aliphatic heterocycles. The van der Waals surface area contributed by atoms with Crippen LogP contribution in [0.4, 0.5) is 0 Å². The van der Waals surface area contributed by atoms with E-state index in [1.807, 2.05) is 20.8 Å². The summed E-state index contributed by atoms with van der Waals surface area (Å²) < 4.78 is 0. The first-order valence-corrected chi connectivity index (χ1v) is 5.34. The van der Waals surface area contributed by atoms with Crippen molar-refractivity contribution in [1.29, 1.82) is 0 Å². The van der Waals surface area contributed by atoms with Crippen LogP contribution in [0.1, 0.15) is 53.4 Å². The first-order chi connectivity index (χ1) is 6.49. The van der Waals surface area contributed by atoms with Crippen molar-refractivity contribution in [2.24, 2.45) is 11.3 Å². The molecule has 0 saturated carbocycles. The van der Waals surface area contributed by atoms with Gasteiger partial charge in [0.1, 0.15) is 0 Å². The van der Waals surface area contributed by atoms with Gasteiger partial charge in [0.25, 0.3) is 0 Å². The highest BCUT2D eigenvalue weighted by atomic mass is 17.1. The monoisotopic (exact) mass is 202 g/mol. The lowest BCUT2D eigenvalue weighted by molar-refractivity contribution is -0.242. The SMILES string of the molecule is CCCCC(C(=O)OO)C(C)(C)CC. The highest BCUT2D eigenvalue weighted by Gasteiger charge is 2.34. The van der Waals surface area contributed by atoms with Crippen molar-refractivity contribution in [2.75, 3.05) is 0 Å². The summed E-state index contributed by atoms with van der Waals surface area (Å²) in [5.41, 5.74) is -0.102. The van der Waals surface area contributed by atoms with Crippen LogP contribution in [-0.4, -0.2) is 11.2 Å². The molecular weight excluding hydrogens is 180 g/mol. The second-order valence-electron chi connectivity index (χ2n) is 4.45. The van der Waals surface area contributed by atoms with Crippen molar-refractivity contribution in [1.82, 2.24) is 0 Å². The van der Waals surface area contributed by atoms with Gasteiger partial charge in [-0.05, 0) is 11.8 Å². The van der Waals surface area contributed by atoms with Crippen LogP contribution in [0.15, 0.2) is 0 Å². The molecule has 0 aromatic carbocycles. The maximum absolute atomic E-state index is 11.4. The standard InChI is InChI=1S/C11H22O3/c1-5-7-8-9(10(12)14-13)11(3,4)6-2/h9,13H,5-8H2,1-4H3. The van der Waals surface area contributed by atoms with Gasteiger partial charge in [0.15, 0.2) is 0 Å². The van der Waals surface area contributed by atoms with Crippen LogP contribution in [-0.2, 0) is 9.68 Å². The second kappa shape index (κ2) is 6.02. The molecule has 1 atom stereocenters. The average Bonchev–Trinajstić information content (AvgIpc) is 2.17. The minimum Gasteiger partial charge on any atom is -0.301 e. The maximum Gasteiger partial charge on any atom is 0.345 e. The molecule has 0 bridgehead atoms. The molecule has 0 aliphatic rings. The molecule has 0 rings (SSSR count). The predicted molar refractivity (Wildman–Crippen MR) is 55.8 cm³/mol. The van der Waals surface area contributed by atoms with Gasteiger partial charge < -0.3 is 4.89 Å². The van der Waals surface area contributed by atoms with Crippen LogP contribution in [0.3, 0.4) is 0 Å². The highest BCUT2D eigenvalue weighted by Crippen LogP contribution is 2.34. The molecule has 3 heteroatoms. The highest BCUT2D eigenvalue weighted by molar-refractivity contribution is 5.72. The summed E-state index contributed by atoms with van der Waals surface area (Å²) in [6.07, 6.45) is 3.73. The van der Waals surface area contributed by atoms with E-state index in [1.54, 1.807) is 0 Å². The van der Waals surface area contributed by atoms with Crippen molar-refractivity contribution >= 4 is 5.97 Å². The maximum atomic E-state index is 11.4. The molecule has 0 saturated heterocycles. The number of carbonyl (C=O) groups excluding carboxylic acids is 1. The largest absolute Gasteiger partial charge is 0.345 e. The lowest BCUT2D eigenvalue weighted by Crippen LogP contribution is -2.31. The molecule has 0 aliphatic carbocycles. The Morgan fingerprint density at radius 2 is 2.00 bits per heavy atom. The minimum absolute atomic E-state index is 0.102. The fourth-order valence-electron chi connectivity index (χ4n) is 1.55. The third-order valence-electron chi connectivity index (χ3n) is 3.08. The van der Waals surface area contributed by atoms with Crippen molar-refractivity contribution in [3.8, 4) is 0 Å². The minimum atomic E-state index is -0.495. The summed E-state index contributed by atoms with van der Waals surface area (Å²) in [4.78, 5) is 15.2. The smallest absolute Gasteiger partial charge is 0.301 e. The van der Waals surface area contributed by atoms with Gasteiger partial charge in [-0.2, -0.15) is 5.26 Å². The van der Waals surface area contributed by atoms with Crippen LogP contribution >= 0.6 is 0 Å². The van der Waals surface area contributed by atoms with E-state index >= 15 is 0 Å². The third-order valence-corrected chi connectivity index (χ3v) is 3.08. The van der Waals surface area contributed by atoms with Crippen LogP contribution < -0.4 is 0 Å². The van der Waals surface area contributed by atoms with E-state index < -0.39 is 5.97 Å². The van der Waals surface area contributed by atoms with Gasteiger partial charge in [0.2, 0.25) is 0 Å². The Balaban J connectivity index is 4.46. The Labute approximate surface area is 86.4 Å². The third kappa shape index (κ3) is 3.66. The van der Waals surface area contributed by atoms with Gasteiger partial charge >= 0.3 is 5.97 Å². The van der Waals surface area contributed by atoms with E-state index in [0.29, 0.717) is 0 Å². The van der Waals surface area contributed by atoms with Crippen molar-refractivity contribution < 1.29 is 14.9 Å². The van der Waals surface area contributed by atoms with E-state index in [4.69, 9.17) is 5.26 Å². The first kappa shape index (κ1) is 13.4. The zero-order valence-corrected chi connectivity index (χ0v) is 9.67. The summed E-state index contributed by atoms with van der Waals surface area (Å²) in [6, 6.07) is 0. The van der Waals surface area contributed by atoms with Crippen molar-refractivity contribution in [3.63, 3.8) is 0 Å². The van der Waals surface area contributed by atoms with Crippen molar-refractivity contribution in [2.45, 2.75) is 53.4 Å². The van der Waals surface area contributed by atoms with Gasteiger partial charge in [-0.3, -0.25) is 0 Å². The summed E-state index contributed by atoms with van der Waals surface area (Å²) in [5.74, 6) is -0.692. The van der Waals surface area contributed by atoms with Crippen LogP contribution in [0.2, 0.25) is 0 Å².